The minimum atomic E-state index is -0.729. The Hall–Kier alpha value is -4.08. The number of benzene rings is 2. The van der Waals surface area contributed by atoms with E-state index in [0.29, 0.717) is 21.7 Å². The van der Waals surface area contributed by atoms with Gasteiger partial charge in [0.25, 0.3) is 5.69 Å². The molecule has 10 nitrogen and oxygen atoms in total. The van der Waals surface area contributed by atoms with Gasteiger partial charge < -0.3 is 28.9 Å². The van der Waals surface area contributed by atoms with Crippen molar-refractivity contribution in [3.8, 4) is 23.0 Å². The second-order valence-electron chi connectivity index (χ2n) is 6.60. The van der Waals surface area contributed by atoms with Crippen LogP contribution in [0.5, 0.6) is 23.0 Å². The molecule has 0 aliphatic heterocycles. The molecule has 0 atom stereocenters. The lowest BCUT2D eigenvalue weighted by Gasteiger charge is -2.14. The van der Waals surface area contributed by atoms with E-state index in [1.807, 2.05) is 0 Å². The number of methoxy groups -OCH3 is 4. The van der Waals surface area contributed by atoms with Crippen LogP contribution in [0.1, 0.15) is 33.5 Å². The Morgan fingerprint density at radius 3 is 2.16 bits per heavy atom. The van der Waals surface area contributed by atoms with Crippen molar-refractivity contribution < 1.29 is 38.0 Å². The van der Waals surface area contributed by atoms with Crippen molar-refractivity contribution in [3.63, 3.8) is 0 Å². The summed E-state index contributed by atoms with van der Waals surface area (Å²) in [5.74, 6) is 0.0742. The Labute approximate surface area is 183 Å². The number of nitrogens with zero attached hydrogens (tertiary/aromatic N) is 2. The van der Waals surface area contributed by atoms with Gasteiger partial charge in [-0.05, 0) is 24.3 Å². The summed E-state index contributed by atoms with van der Waals surface area (Å²) in [6.45, 7) is 0.844. The third-order valence-electron chi connectivity index (χ3n) is 4.71. The highest BCUT2D eigenvalue weighted by atomic mass is 16.5. The standard InChI is InChI=1S/C22H22N2O8/c1-12(25)20-16(23-15-7-6-14(28-2)10-17(15)24(20)27)11-32-22(26)13-8-18(29-3)21(31-5)19(9-13)30-4/h6-10H,11H2,1-5H3. The van der Waals surface area contributed by atoms with E-state index in [4.69, 9.17) is 23.7 Å². The number of carbonyl (C=O) groups excluding carboxylic acids is 2. The molecule has 0 unspecified atom stereocenters. The normalized spacial score (nSPS) is 10.5. The fourth-order valence-corrected chi connectivity index (χ4v) is 3.19. The van der Waals surface area contributed by atoms with Gasteiger partial charge in [-0.2, -0.15) is 4.73 Å². The molecule has 10 heteroatoms. The molecule has 0 bridgehead atoms. The monoisotopic (exact) mass is 442 g/mol. The lowest BCUT2D eigenvalue weighted by molar-refractivity contribution is -0.580. The summed E-state index contributed by atoms with van der Waals surface area (Å²) in [6.07, 6.45) is 0. The van der Waals surface area contributed by atoms with Gasteiger partial charge in [-0.15, -0.1) is 0 Å². The minimum absolute atomic E-state index is 0.0333. The summed E-state index contributed by atoms with van der Waals surface area (Å²) in [6, 6.07) is 7.56. The van der Waals surface area contributed by atoms with Crippen LogP contribution in [0.3, 0.4) is 0 Å². The molecule has 1 aromatic heterocycles. The van der Waals surface area contributed by atoms with Crippen LogP contribution in [0.15, 0.2) is 30.3 Å². The summed E-state index contributed by atoms with van der Waals surface area (Å²) in [4.78, 5) is 29.2. The summed E-state index contributed by atoms with van der Waals surface area (Å²) in [7, 11) is 5.76. The van der Waals surface area contributed by atoms with Gasteiger partial charge >= 0.3 is 5.97 Å². The summed E-state index contributed by atoms with van der Waals surface area (Å²) < 4.78 is 26.7. The van der Waals surface area contributed by atoms with Gasteiger partial charge in [0.05, 0.1) is 40.1 Å². The maximum Gasteiger partial charge on any atom is 0.338 e. The maximum absolute atomic E-state index is 12.8. The van der Waals surface area contributed by atoms with Crippen LogP contribution in [0, 0.1) is 5.21 Å². The number of hydrogen-bond acceptors (Lipinski definition) is 9. The fourth-order valence-electron chi connectivity index (χ4n) is 3.19. The Balaban J connectivity index is 1.96. The van der Waals surface area contributed by atoms with E-state index in [-0.39, 0.29) is 34.0 Å². The SMILES string of the molecule is COc1ccc2nc(COC(=O)c3cc(OC)c(OC)c(OC)c3)c(C(C)=O)[n+]([O-])c2c1. The third-order valence-corrected chi connectivity index (χ3v) is 4.71. The molecule has 0 N–H and O–H groups in total. The Bertz CT molecular complexity index is 1170. The second kappa shape index (κ2) is 9.38. The minimum Gasteiger partial charge on any atom is -0.618 e. The molecular formula is C22H22N2O8. The second-order valence-corrected chi connectivity index (χ2v) is 6.60. The number of hydrogen-bond donors (Lipinski definition) is 0. The number of ether oxygens (including phenoxy) is 5. The van der Waals surface area contributed by atoms with Gasteiger partial charge in [-0.1, -0.05) is 0 Å². The molecule has 3 aromatic rings. The topological polar surface area (TPSA) is 120 Å². The predicted molar refractivity (Wildman–Crippen MR) is 112 cm³/mol. The van der Waals surface area contributed by atoms with Crippen molar-refractivity contribution in [2.24, 2.45) is 0 Å². The number of fused-ring (bicyclic) bond motifs is 1. The van der Waals surface area contributed by atoms with E-state index in [0.717, 1.165) is 0 Å². The fraction of sp³-hybridized carbons (Fsp3) is 0.273. The van der Waals surface area contributed by atoms with Crippen molar-refractivity contribution >= 4 is 22.8 Å². The largest absolute Gasteiger partial charge is 0.618 e. The first-order valence-corrected chi connectivity index (χ1v) is 9.42. The molecule has 0 aliphatic rings. The third kappa shape index (κ3) is 4.20. The van der Waals surface area contributed by atoms with E-state index in [2.05, 4.69) is 4.98 Å². The first kappa shape index (κ1) is 22.6. The van der Waals surface area contributed by atoms with Crippen LogP contribution in [-0.2, 0) is 11.3 Å². The van der Waals surface area contributed by atoms with E-state index in [9.17, 15) is 14.8 Å². The van der Waals surface area contributed by atoms with Crippen LogP contribution in [0.2, 0.25) is 0 Å². The summed E-state index contributed by atoms with van der Waals surface area (Å²) in [5.41, 5.74) is 0.428. The molecule has 3 rings (SSSR count). The molecule has 0 spiro atoms. The van der Waals surface area contributed by atoms with Crippen LogP contribution in [0.25, 0.3) is 11.0 Å². The molecule has 0 saturated carbocycles. The van der Waals surface area contributed by atoms with Gasteiger partial charge in [0.2, 0.25) is 17.0 Å². The molecule has 0 amide bonds. The summed E-state index contributed by atoms with van der Waals surface area (Å²) >= 11 is 0. The van der Waals surface area contributed by atoms with E-state index < -0.39 is 18.4 Å². The number of esters is 1. The zero-order chi connectivity index (χ0) is 23.4. The molecule has 32 heavy (non-hydrogen) atoms. The average molecular weight is 442 g/mol. The van der Waals surface area contributed by atoms with Crippen molar-refractivity contribution in [3.05, 3.63) is 52.5 Å². The Kier molecular flexibility index (Phi) is 6.62. The molecule has 168 valence electrons. The first-order valence-electron chi connectivity index (χ1n) is 9.42. The lowest BCUT2D eigenvalue weighted by atomic mass is 10.1. The van der Waals surface area contributed by atoms with Gasteiger partial charge in [0, 0.05) is 6.92 Å². The predicted octanol–water partition coefficient (Wildman–Crippen LogP) is 2.46. The number of ketones is 1. The van der Waals surface area contributed by atoms with Crippen molar-refractivity contribution in [1.29, 1.82) is 0 Å². The van der Waals surface area contributed by atoms with Crippen LogP contribution < -0.4 is 23.7 Å². The number of Topliss-reactive ketones (excluding diaryl/α,β-unsaturated/α-hetero) is 1. The quantitative estimate of drug-likeness (QED) is 0.224. The smallest absolute Gasteiger partial charge is 0.338 e. The number of rotatable bonds is 8. The molecule has 0 saturated heterocycles. The first-order chi connectivity index (χ1) is 15.3. The number of aromatic nitrogens is 2. The van der Waals surface area contributed by atoms with Crippen molar-refractivity contribution in [1.82, 2.24) is 4.98 Å². The van der Waals surface area contributed by atoms with Gasteiger partial charge in [0.15, 0.2) is 17.2 Å². The highest BCUT2D eigenvalue weighted by Crippen LogP contribution is 2.38. The van der Waals surface area contributed by atoms with Gasteiger partial charge in [-0.3, -0.25) is 4.79 Å². The summed E-state index contributed by atoms with van der Waals surface area (Å²) in [5, 5.41) is 12.8. The zero-order valence-corrected chi connectivity index (χ0v) is 18.3. The molecular weight excluding hydrogens is 420 g/mol. The highest BCUT2D eigenvalue weighted by molar-refractivity contribution is 5.93. The van der Waals surface area contributed by atoms with E-state index in [1.165, 1.54) is 53.6 Å². The Morgan fingerprint density at radius 1 is 0.969 bits per heavy atom. The molecule has 0 aliphatic carbocycles. The molecule has 2 aromatic carbocycles. The lowest BCUT2D eigenvalue weighted by Crippen LogP contribution is -2.37. The number of carbonyl (C=O) groups is 2. The van der Waals surface area contributed by atoms with Crippen molar-refractivity contribution in [2.75, 3.05) is 28.4 Å². The van der Waals surface area contributed by atoms with Gasteiger partial charge in [0.1, 0.15) is 17.9 Å². The van der Waals surface area contributed by atoms with Crippen LogP contribution in [0.4, 0.5) is 0 Å². The van der Waals surface area contributed by atoms with Crippen molar-refractivity contribution in [2.45, 2.75) is 13.5 Å². The highest BCUT2D eigenvalue weighted by Gasteiger charge is 2.25. The maximum atomic E-state index is 12.8. The van der Waals surface area contributed by atoms with E-state index >= 15 is 0 Å². The van der Waals surface area contributed by atoms with Gasteiger partial charge in [-0.25, -0.2) is 9.78 Å². The zero-order valence-electron chi connectivity index (χ0n) is 18.3. The molecule has 0 radical (unpaired) electrons. The molecule has 0 fully saturated rings. The van der Waals surface area contributed by atoms with Crippen LogP contribution >= 0.6 is 0 Å². The average Bonchev–Trinajstić information content (AvgIpc) is 2.80. The Morgan fingerprint density at radius 2 is 1.62 bits per heavy atom. The van der Waals surface area contributed by atoms with E-state index in [1.54, 1.807) is 12.1 Å². The molecule has 1 heterocycles. The van der Waals surface area contributed by atoms with Crippen LogP contribution in [-0.4, -0.2) is 45.2 Å².